The van der Waals surface area contributed by atoms with Crippen LogP contribution >= 0.6 is 46.6 Å². The average molecular weight is 343 g/mol. The minimum atomic E-state index is -0.754. The van der Waals surface area contributed by atoms with E-state index in [2.05, 4.69) is 5.32 Å². The lowest BCUT2D eigenvalue weighted by atomic mass is 10.1. The van der Waals surface area contributed by atoms with Crippen molar-refractivity contribution >= 4 is 46.6 Å². The number of aliphatic hydroxyl groups is 1. The van der Waals surface area contributed by atoms with Crippen molar-refractivity contribution < 1.29 is 5.11 Å². The second-order valence-corrected chi connectivity index (χ2v) is 6.83. The molecule has 108 valence electrons. The molecule has 2 atom stereocenters. The third-order valence-electron chi connectivity index (χ3n) is 2.78. The van der Waals surface area contributed by atoms with E-state index in [0.717, 1.165) is 5.56 Å². The zero-order valence-corrected chi connectivity index (χ0v) is 14.2. The van der Waals surface area contributed by atoms with Crippen molar-refractivity contribution in [2.24, 2.45) is 0 Å². The minimum Gasteiger partial charge on any atom is -0.388 e. The van der Waals surface area contributed by atoms with Gasteiger partial charge in [-0.05, 0) is 31.7 Å². The predicted molar refractivity (Wildman–Crippen MR) is 86.9 cm³/mol. The number of rotatable bonds is 6. The molecule has 0 amide bonds. The van der Waals surface area contributed by atoms with Crippen molar-refractivity contribution in [1.82, 2.24) is 5.32 Å². The van der Waals surface area contributed by atoms with Crippen LogP contribution in [0.2, 0.25) is 15.1 Å². The molecule has 0 bridgehead atoms. The smallest absolute Gasteiger partial charge is 0.0833 e. The first-order valence-corrected chi connectivity index (χ1v) is 8.39. The molecule has 0 fully saturated rings. The van der Waals surface area contributed by atoms with E-state index in [1.807, 2.05) is 19.2 Å². The van der Waals surface area contributed by atoms with Crippen LogP contribution in [0.4, 0.5) is 0 Å². The summed E-state index contributed by atoms with van der Waals surface area (Å²) in [5.74, 6) is 0.668. The Balaban J connectivity index is 2.74. The number of nitrogens with one attached hydrogen (secondary N) is 1. The molecule has 6 heteroatoms. The van der Waals surface area contributed by atoms with Gasteiger partial charge < -0.3 is 10.4 Å². The van der Waals surface area contributed by atoms with Crippen molar-refractivity contribution in [2.75, 3.05) is 18.6 Å². The highest BCUT2D eigenvalue weighted by molar-refractivity contribution is 7.98. The lowest BCUT2D eigenvalue weighted by Gasteiger charge is -2.26. The van der Waals surface area contributed by atoms with Gasteiger partial charge in [-0.1, -0.05) is 40.9 Å². The SMILES string of the molecule is CSCC(C)(O)CNC(C)c1ccc(Cl)c(Cl)c1Cl. The summed E-state index contributed by atoms with van der Waals surface area (Å²) in [4.78, 5) is 0. The maximum atomic E-state index is 10.1. The molecule has 19 heavy (non-hydrogen) atoms. The summed E-state index contributed by atoms with van der Waals surface area (Å²) < 4.78 is 0. The summed E-state index contributed by atoms with van der Waals surface area (Å²) >= 11 is 19.7. The van der Waals surface area contributed by atoms with Crippen LogP contribution in [0.15, 0.2) is 12.1 Å². The molecule has 0 spiro atoms. The van der Waals surface area contributed by atoms with E-state index in [4.69, 9.17) is 34.8 Å². The zero-order chi connectivity index (χ0) is 14.6. The third kappa shape index (κ3) is 5.00. The Hall–Kier alpha value is 0.360. The summed E-state index contributed by atoms with van der Waals surface area (Å²) in [7, 11) is 0. The largest absolute Gasteiger partial charge is 0.388 e. The number of halogens is 3. The molecule has 1 aromatic carbocycles. The van der Waals surface area contributed by atoms with E-state index in [0.29, 0.717) is 27.4 Å². The molecule has 2 N–H and O–H groups in total. The molecule has 0 aliphatic rings. The predicted octanol–water partition coefficient (Wildman–Crippen LogP) is 4.41. The number of benzene rings is 1. The van der Waals surface area contributed by atoms with Gasteiger partial charge in [0.2, 0.25) is 0 Å². The fraction of sp³-hybridized carbons (Fsp3) is 0.538. The van der Waals surface area contributed by atoms with Crippen LogP contribution in [0.3, 0.4) is 0 Å². The van der Waals surface area contributed by atoms with Crippen molar-refractivity contribution in [3.63, 3.8) is 0 Å². The normalized spacial score (nSPS) is 16.2. The van der Waals surface area contributed by atoms with Gasteiger partial charge in [-0.25, -0.2) is 0 Å². The second-order valence-electron chi connectivity index (χ2n) is 4.80. The lowest BCUT2D eigenvalue weighted by molar-refractivity contribution is 0.0821. The summed E-state index contributed by atoms with van der Waals surface area (Å²) in [6.07, 6.45) is 1.97. The monoisotopic (exact) mass is 341 g/mol. The highest BCUT2D eigenvalue weighted by Gasteiger charge is 2.21. The number of thioether (sulfide) groups is 1. The van der Waals surface area contributed by atoms with Gasteiger partial charge in [0.25, 0.3) is 0 Å². The van der Waals surface area contributed by atoms with Crippen LogP contribution in [0.1, 0.15) is 25.5 Å². The maximum absolute atomic E-state index is 10.1. The van der Waals surface area contributed by atoms with Crippen LogP contribution in [0.25, 0.3) is 0 Å². The standard InChI is InChI=1S/C13H18Cl3NOS/c1-8(17-6-13(2,18)7-19-3)9-4-5-10(14)12(16)11(9)15/h4-5,8,17-18H,6-7H2,1-3H3. The van der Waals surface area contributed by atoms with E-state index in [9.17, 15) is 5.11 Å². The molecular formula is C13H18Cl3NOS. The first-order chi connectivity index (χ1) is 8.78. The topological polar surface area (TPSA) is 32.3 Å². The summed E-state index contributed by atoms with van der Waals surface area (Å²) in [5.41, 5.74) is 0.118. The van der Waals surface area contributed by atoms with Crippen LogP contribution in [0.5, 0.6) is 0 Å². The van der Waals surface area contributed by atoms with Crippen molar-refractivity contribution in [3.8, 4) is 0 Å². The van der Waals surface area contributed by atoms with E-state index in [1.165, 1.54) is 0 Å². The highest BCUT2D eigenvalue weighted by atomic mass is 35.5. The first-order valence-electron chi connectivity index (χ1n) is 5.86. The summed E-state index contributed by atoms with van der Waals surface area (Å²) in [6.45, 7) is 4.26. The van der Waals surface area contributed by atoms with E-state index >= 15 is 0 Å². The van der Waals surface area contributed by atoms with Gasteiger partial charge in [-0.2, -0.15) is 11.8 Å². The summed E-state index contributed by atoms with van der Waals surface area (Å²) in [5, 5.41) is 14.6. The Morgan fingerprint density at radius 1 is 1.32 bits per heavy atom. The molecule has 1 aromatic rings. The molecule has 2 unspecified atom stereocenters. The van der Waals surface area contributed by atoms with Crippen LogP contribution in [-0.2, 0) is 0 Å². The average Bonchev–Trinajstić information content (AvgIpc) is 2.33. The van der Waals surface area contributed by atoms with E-state index in [-0.39, 0.29) is 6.04 Å². The van der Waals surface area contributed by atoms with Crippen LogP contribution in [0, 0.1) is 0 Å². The molecule has 1 rings (SSSR count). The highest BCUT2D eigenvalue weighted by Crippen LogP contribution is 2.35. The quantitative estimate of drug-likeness (QED) is 0.751. The molecule has 0 radical (unpaired) electrons. The Labute approximate surface area is 133 Å². The molecule has 0 aliphatic carbocycles. The molecular weight excluding hydrogens is 325 g/mol. The van der Waals surface area contributed by atoms with Crippen molar-refractivity contribution in [2.45, 2.75) is 25.5 Å². The van der Waals surface area contributed by atoms with Crippen molar-refractivity contribution in [1.29, 1.82) is 0 Å². The Morgan fingerprint density at radius 2 is 1.95 bits per heavy atom. The van der Waals surface area contributed by atoms with Crippen LogP contribution < -0.4 is 5.32 Å². The number of hydrogen-bond acceptors (Lipinski definition) is 3. The van der Waals surface area contributed by atoms with Gasteiger partial charge >= 0.3 is 0 Å². The Bertz CT molecular complexity index is 440. The van der Waals surface area contributed by atoms with Gasteiger partial charge in [0, 0.05) is 18.3 Å². The Kier molecular flexibility index (Phi) is 6.77. The molecule has 0 heterocycles. The van der Waals surface area contributed by atoms with Gasteiger partial charge in [0.15, 0.2) is 0 Å². The molecule has 0 saturated carbocycles. The first kappa shape index (κ1) is 17.4. The fourth-order valence-corrected chi connectivity index (χ4v) is 3.15. The van der Waals surface area contributed by atoms with E-state index < -0.39 is 5.60 Å². The molecule has 0 aromatic heterocycles. The molecule has 0 saturated heterocycles. The van der Waals surface area contributed by atoms with Gasteiger partial charge in [-0.3, -0.25) is 0 Å². The van der Waals surface area contributed by atoms with Crippen molar-refractivity contribution in [3.05, 3.63) is 32.8 Å². The van der Waals surface area contributed by atoms with Gasteiger partial charge in [0.05, 0.1) is 20.7 Å². The third-order valence-corrected chi connectivity index (χ3v) is 4.99. The Morgan fingerprint density at radius 3 is 2.53 bits per heavy atom. The molecule has 2 nitrogen and oxygen atoms in total. The fourth-order valence-electron chi connectivity index (χ4n) is 1.72. The summed E-state index contributed by atoms with van der Waals surface area (Å²) in [6, 6.07) is 3.55. The van der Waals surface area contributed by atoms with Gasteiger partial charge in [-0.15, -0.1) is 0 Å². The lowest BCUT2D eigenvalue weighted by Crippen LogP contribution is -2.40. The molecule has 0 aliphatic heterocycles. The number of hydrogen-bond donors (Lipinski definition) is 2. The van der Waals surface area contributed by atoms with Crippen LogP contribution in [-0.4, -0.2) is 29.3 Å². The van der Waals surface area contributed by atoms with Gasteiger partial charge in [0.1, 0.15) is 0 Å². The minimum absolute atomic E-state index is 0.0180. The van der Waals surface area contributed by atoms with E-state index in [1.54, 1.807) is 24.8 Å². The second kappa shape index (κ2) is 7.39. The maximum Gasteiger partial charge on any atom is 0.0833 e. The zero-order valence-electron chi connectivity index (χ0n) is 11.1.